The lowest BCUT2D eigenvalue weighted by Crippen LogP contribution is -2.12. The maximum Gasteiger partial charge on any atom is 0.165 e. The maximum atomic E-state index is 13.7. The summed E-state index contributed by atoms with van der Waals surface area (Å²) in [5, 5.41) is 11.4. The topological polar surface area (TPSA) is 45.0 Å². The molecule has 98 valence electrons. The Morgan fingerprint density at radius 2 is 2.22 bits per heavy atom. The SMILES string of the molecule is CNC(C)c1ccc(OCCCCC#N)c(F)c1. The van der Waals surface area contributed by atoms with Crippen LogP contribution in [0.25, 0.3) is 0 Å². The number of nitrogens with zero attached hydrogens (tertiary/aromatic N) is 1. The average molecular weight is 250 g/mol. The van der Waals surface area contributed by atoms with E-state index in [1.165, 1.54) is 6.07 Å². The third-order valence-corrected chi connectivity index (χ3v) is 2.83. The van der Waals surface area contributed by atoms with Gasteiger partial charge in [0.15, 0.2) is 11.6 Å². The molecule has 1 N–H and O–H groups in total. The monoisotopic (exact) mass is 250 g/mol. The molecule has 1 atom stereocenters. The van der Waals surface area contributed by atoms with Gasteiger partial charge in [0.1, 0.15) is 0 Å². The molecule has 0 aromatic heterocycles. The first-order chi connectivity index (χ1) is 8.69. The number of halogens is 1. The zero-order valence-electron chi connectivity index (χ0n) is 10.9. The van der Waals surface area contributed by atoms with E-state index in [4.69, 9.17) is 10.00 Å². The second-order valence-corrected chi connectivity index (χ2v) is 4.16. The number of nitriles is 1. The van der Waals surface area contributed by atoms with Crippen molar-refractivity contribution in [3.8, 4) is 11.8 Å². The molecule has 0 aliphatic heterocycles. The summed E-state index contributed by atoms with van der Waals surface area (Å²) in [6.45, 7) is 2.41. The molecule has 4 heteroatoms. The van der Waals surface area contributed by atoms with Gasteiger partial charge in [-0.2, -0.15) is 5.26 Å². The molecule has 0 aliphatic rings. The number of ether oxygens (including phenoxy) is 1. The van der Waals surface area contributed by atoms with Gasteiger partial charge in [0.2, 0.25) is 0 Å². The first-order valence-electron chi connectivity index (χ1n) is 6.15. The molecular formula is C14H19FN2O. The minimum atomic E-state index is -0.338. The number of unbranched alkanes of at least 4 members (excludes halogenated alkanes) is 2. The van der Waals surface area contributed by atoms with Crippen molar-refractivity contribution >= 4 is 0 Å². The number of hydrogen-bond acceptors (Lipinski definition) is 3. The summed E-state index contributed by atoms with van der Waals surface area (Å²) in [4.78, 5) is 0. The highest BCUT2D eigenvalue weighted by Crippen LogP contribution is 2.22. The molecule has 1 rings (SSSR count). The van der Waals surface area contributed by atoms with Crippen LogP contribution in [0.3, 0.4) is 0 Å². The molecule has 3 nitrogen and oxygen atoms in total. The smallest absolute Gasteiger partial charge is 0.165 e. The Balaban J connectivity index is 2.50. The number of hydrogen-bond donors (Lipinski definition) is 1. The summed E-state index contributed by atoms with van der Waals surface area (Å²) in [6, 6.07) is 7.19. The van der Waals surface area contributed by atoms with Gasteiger partial charge in [-0.3, -0.25) is 0 Å². The van der Waals surface area contributed by atoms with Gasteiger partial charge in [0, 0.05) is 12.5 Å². The lowest BCUT2D eigenvalue weighted by Gasteiger charge is -2.12. The van der Waals surface area contributed by atoms with Crippen LogP contribution in [0.15, 0.2) is 18.2 Å². The normalized spacial score (nSPS) is 11.9. The van der Waals surface area contributed by atoms with Gasteiger partial charge >= 0.3 is 0 Å². The predicted octanol–water partition coefficient (Wildman–Crippen LogP) is 3.18. The summed E-state index contributed by atoms with van der Waals surface area (Å²) >= 11 is 0. The highest BCUT2D eigenvalue weighted by atomic mass is 19.1. The van der Waals surface area contributed by atoms with Gasteiger partial charge in [-0.15, -0.1) is 0 Å². The Bertz CT molecular complexity index is 415. The zero-order valence-corrected chi connectivity index (χ0v) is 10.9. The molecule has 0 bridgehead atoms. The van der Waals surface area contributed by atoms with Gasteiger partial charge in [-0.05, 0) is 44.5 Å². The summed E-state index contributed by atoms with van der Waals surface area (Å²) in [5.74, 6) is -0.0612. The van der Waals surface area contributed by atoms with E-state index in [-0.39, 0.29) is 17.6 Å². The third kappa shape index (κ3) is 4.34. The van der Waals surface area contributed by atoms with Crippen molar-refractivity contribution < 1.29 is 9.13 Å². The fraction of sp³-hybridized carbons (Fsp3) is 0.500. The van der Waals surface area contributed by atoms with Crippen molar-refractivity contribution in [2.24, 2.45) is 0 Å². The Morgan fingerprint density at radius 1 is 1.44 bits per heavy atom. The van der Waals surface area contributed by atoms with Crippen molar-refractivity contribution in [1.29, 1.82) is 5.26 Å². The Kier molecular flexibility index (Phi) is 6.16. The lowest BCUT2D eigenvalue weighted by atomic mass is 10.1. The minimum Gasteiger partial charge on any atom is -0.491 e. The standard InChI is InChI=1S/C14H19FN2O/c1-11(17-2)12-6-7-14(13(15)10-12)18-9-5-3-4-8-16/h6-7,10-11,17H,3-5,9H2,1-2H3. The first-order valence-corrected chi connectivity index (χ1v) is 6.15. The summed E-state index contributed by atoms with van der Waals surface area (Å²) in [5.41, 5.74) is 0.895. The van der Waals surface area contributed by atoms with Crippen LogP contribution in [0.4, 0.5) is 4.39 Å². The molecule has 0 heterocycles. The highest BCUT2D eigenvalue weighted by molar-refractivity contribution is 5.30. The van der Waals surface area contributed by atoms with Gasteiger partial charge in [-0.25, -0.2) is 4.39 Å². The Hall–Kier alpha value is -1.60. The van der Waals surface area contributed by atoms with Crippen LogP contribution in [0.1, 0.15) is 37.8 Å². The van der Waals surface area contributed by atoms with E-state index < -0.39 is 0 Å². The van der Waals surface area contributed by atoms with Crippen molar-refractivity contribution in [3.05, 3.63) is 29.6 Å². The van der Waals surface area contributed by atoms with Crippen LogP contribution in [0.2, 0.25) is 0 Å². The highest BCUT2D eigenvalue weighted by Gasteiger charge is 2.08. The van der Waals surface area contributed by atoms with Crippen LogP contribution in [-0.2, 0) is 0 Å². The van der Waals surface area contributed by atoms with Crippen LogP contribution in [0, 0.1) is 17.1 Å². The average Bonchev–Trinajstić information content (AvgIpc) is 2.39. The summed E-state index contributed by atoms with van der Waals surface area (Å²) in [6.07, 6.45) is 2.07. The van der Waals surface area contributed by atoms with Crippen molar-refractivity contribution in [2.45, 2.75) is 32.2 Å². The minimum absolute atomic E-state index is 0.115. The van der Waals surface area contributed by atoms with E-state index in [2.05, 4.69) is 11.4 Å². The molecule has 0 saturated heterocycles. The molecule has 0 radical (unpaired) electrons. The van der Waals surface area contributed by atoms with Crippen molar-refractivity contribution in [1.82, 2.24) is 5.32 Å². The first kappa shape index (κ1) is 14.5. The second-order valence-electron chi connectivity index (χ2n) is 4.16. The third-order valence-electron chi connectivity index (χ3n) is 2.83. The second kappa shape index (κ2) is 7.67. The Morgan fingerprint density at radius 3 is 2.83 bits per heavy atom. The fourth-order valence-electron chi connectivity index (χ4n) is 1.56. The van der Waals surface area contributed by atoms with Crippen LogP contribution in [-0.4, -0.2) is 13.7 Å². The molecule has 0 fully saturated rings. The molecule has 0 spiro atoms. The summed E-state index contributed by atoms with van der Waals surface area (Å²) in [7, 11) is 1.84. The van der Waals surface area contributed by atoms with Gasteiger partial charge in [0.05, 0.1) is 12.7 Å². The van der Waals surface area contributed by atoms with E-state index in [0.29, 0.717) is 13.0 Å². The van der Waals surface area contributed by atoms with Crippen LogP contribution >= 0.6 is 0 Å². The predicted molar refractivity (Wildman–Crippen MR) is 68.8 cm³/mol. The van der Waals surface area contributed by atoms with E-state index in [0.717, 1.165) is 18.4 Å². The maximum absolute atomic E-state index is 13.7. The van der Waals surface area contributed by atoms with Crippen molar-refractivity contribution in [2.75, 3.05) is 13.7 Å². The van der Waals surface area contributed by atoms with Crippen LogP contribution < -0.4 is 10.1 Å². The van der Waals surface area contributed by atoms with E-state index in [1.807, 2.05) is 20.0 Å². The van der Waals surface area contributed by atoms with E-state index >= 15 is 0 Å². The molecule has 1 unspecified atom stereocenters. The zero-order chi connectivity index (χ0) is 13.4. The fourth-order valence-corrected chi connectivity index (χ4v) is 1.56. The molecule has 0 aliphatic carbocycles. The Labute approximate surface area is 108 Å². The van der Waals surface area contributed by atoms with Gasteiger partial charge < -0.3 is 10.1 Å². The quantitative estimate of drug-likeness (QED) is 0.756. The van der Waals surface area contributed by atoms with E-state index in [1.54, 1.807) is 6.07 Å². The largest absolute Gasteiger partial charge is 0.491 e. The number of rotatable bonds is 7. The molecule has 18 heavy (non-hydrogen) atoms. The van der Waals surface area contributed by atoms with Crippen molar-refractivity contribution in [3.63, 3.8) is 0 Å². The molecule has 0 saturated carbocycles. The molecular weight excluding hydrogens is 231 g/mol. The molecule has 0 amide bonds. The van der Waals surface area contributed by atoms with Crippen LogP contribution in [0.5, 0.6) is 5.75 Å². The molecule has 1 aromatic rings. The van der Waals surface area contributed by atoms with E-state index in [9.17, 15) is 4.39 Å². The number of nitrogens with one attached hydrogen (secondary N) is 1. The lowest BCUT2D eigenvalue weighted by molar-refractivity contribution is 0.292. The molecule has 1 aromatic carbocycles. The van der Waals surface area contributed by atoms with Gasteiger partial charge in [-0.1, -0.05) is 6.07 Å². The number of benzene rings is 1. The van der Waals surface area contributed by atoms with Gasteiger partial charge in [0.25, 0.3) is 0 Å². The summed E-state index contributed by atoms with van der Waals surface area (Å²) < 4.78 is 19.1.